The highest BCUT2D eigenvalue weighted by Gasteiger charge is 2.07. The van der Waals surface area contributed by atoms with Crippen LogP contribution in [0.2, 0.25) is 0 Å². The molecule has 6 heteroatoms. The molecule has 0 radical (unpaired) electrons. The third kappa shape index (κ3) is 3.28. The first-order valence-corrected chi connectivity index (χ1v) is 6.70. The highest BCUT2D eigenvalue weighted by Crippen LogP contribution is 2.21. The molecular weight excluding hydrogens is 270 g/mol. The molecule has 1 amide bonds. The molecule has 2 N–H and O–H groups in total. The van der Waals surface area contributed by atoms with Gasteiger partial charge in [-0.1, -0.05) is 6.07 Å². The molecule has 0 aliphatic rings. The SMILES string of the molecule is O=C(/C=C/c1cccs1)Nc1ccc(C(=O)O)s1. The first-order valence-electron chi connectivity index (χ1n) is 5.01. The Labute approximate surface area is 111 Å². The summed E-state index contributed by atoms with van der Waals surface area (Å²) < 4.78 is 0. The van der Waals surface area contributed by atoms with Gasteiger partial charge in [0.2, 0.25) is 5.91 Å². The van der Waals surface area contributed by atoms with Gasteiger partial charge in [-0.2, -0.15) is 0 Å². The highest BCUT2D eigenvalue weighted by atomic mass is 32.1. The maximum atomic E-state index is 11.6. The lowest BCUT2D eigenvalue weighted by Crippen LogP contribution is -2.05. The van der Waals surface area contributed by atoms with E-state index >= 15 is 0 Å². The van der Waals surface area contributed by atoms with E-state index < -0.39 is 5.97 Å². The third-order valence-corrected chi connectivity index (χ3v) is 3.83. The van der Waals surface area contributed by atoms with Crippen molar-refractivity contribution >= 4 is 45.6 Å². The molecular formula is C12H9NO3S2. The number of rotatable bonds is 4. The van der Waals surface area contributed by atoms with Crippen LogP contribution in [0.1, 0.15) is 14.5 Å². The zero-order valence-electron chi connectivity index (χ0n) is 9.12. The Bertz CT molecular complexity index is 584. The minimum Gasteiger partial charge on any atom is -0.477 e. The molecule has 0 bridgehead atoms. The Balaban J connectivity index is 1.96. The molecule has 0 unspecified atom stereocenters. The monoisotopic (exact) mass is 279 g/mol. The van der Waals surface area contributed by atoms with Crippen molar-refractivity contribution in [1.82, 2.24) is 0 Å². The van der Waals surface area contributed by atoms with Crippen LogP contribution in [0.15, 0.2) is 35.7 Å². The van der Waals surface area contributed by atoms with Gasteiger partial charge in [0.25, 0.3) is 0 Å². The zero-order chi connectivity index (χ0) is 13.0. The van der Waals surface area contributed by atoms with Gasteiger partial charge in [-0.3, -0.25) is 4.79 Å². The van der Waals surface area contributed by atoms with Crippen LogP contribution in [-0.4, -0.2) is 17.0 Å². The minimum atomic E-state index is -0.991. The molecule has 2 aromatic rings. The number of carbonyl (C=O) groups is 2. The summed E-state index contributed by atoms with van der Waals surface area (Å²) in [5, 5.41) is 13.8. The van der Waals surface area contributed by atoms with Crippen molar-refractivity contribution in [3.63, 3.8) is 0 Å². The van der Waals surface area contributed by atoms with Crippen molar-refractivity contribution in [3.05, 3.63) is 45.5 Å². The van der Waals surface area contributed by atoms with E-state index in [1.807, 2.05) is 17.5 Å². The quantitative estimate of drug-likeness (QED) is 0.845. The van der Waals surface area contributed by atoms with Gasteiger partial charge in [0.15, 0.2) is 0 Å². The normalized spacial score (nSPS) is 10.7. The highest BCUT2D eigenvalue weighted by molar-refractivity contribution is 7.18. The third-order valence-electron chi connectivity index (χ3n) is 2.01. The molecule has 0 saturated carbocycles. The van der Waals surface area contributed by atoms with E-state index in [1.54, 1.807) is 12.1 Å². The van der Waals surface area contributed by atoms with E-state index in [0.717, 1.165) is 16.2 Å². The zero-order valence-corrected chi connectivity index (χ0v) is 10.8. The van der Waals surface area contributed by atoms with Crippen molar-refractivity contribution < 1.29 is 14.7 Å². The molecule has 4 nitrogen and oxygen atoms in total. The maximum absolute atomic E-state index is 11.6. The molecule has 2 rings (SSSR count). The number of carbonyl (C=O) groups excluding carboxylic acids is 1. The number of thiophene rings is 2. The number of amides is 1. The number of aromatic carboxylic acids is 1. The lowest BCUT2D eigenvalue weighted by molar-refractivity contribution is -0.111. The van der Waals surface area contributed by atoms with E-state index in [1.165, 1.54) is 23.5 Å². The second-order valence-electron chi connectivity index (χ2n) is 3.31. The molecule has 0 atom stereocenters. The van der Waals surface area contributed by atoms with Gasteiger partial charge < -0.3 is 10.4 Å². The summed E-state index contributed by atoms with van der Waals surface area (Å²) in [5.74, 6) is -1.27. The van der Waals surface area contributed by atoms with Crippen LogP contribution in [0.25, 0.3) is 6.08 Å². The Morgan fingerprint density at radius 1 is 1.28 bits per heavy atom. The summed E-state index contributed by atoms with van der Waals surface area (Å²) in [6.07, 6.45) is 3.14. The van der Waals surface area contributed by atoms with Crippen LogP contribution < -0.4 is 5.32 Å². The fraction of sp³-hybridized carbons (Fsp3) is 0. The Morgan fingerprint density at radius 3 is 2.72 bits per heavy atom. The number of hydrogen-bond donors (Lipinski definition) is 2. The van der Waals surface area contributed by atoms with Crippen molar-refractivity contribution in [2.75, 3.05) is 5.32 Å². The summed E-state index contributed by atoms with van der Waals surface area (Å²) in [6.45, 7) is 0. The summed E-state index contributed by atoms with van der Waals surface area (Å²) >= 11 is 2.57. The largest absolute Gasteiger partial charge is 0.477 e. The lowest BCUT2D eigenvalue weighted by atomic mass is 10.4. The van der Waals surface area contributed by atoms with Gasteiger partial charge in [0.1, 0.15) is 4.88 Å². The second-order valence-corrected chi connectivity index (χ2v) is 5.37. The van der Waals surface area contributed by atoms with Crippen LogP contribution in [0.3, 0.4) is 0 Å². The Hall–Kier alpha value is -1.92. The van der Waals surface area contributed by atoms with Crippen molar-refractivity contribution in [2.24, 2.45) is 0 Å². The number of nitrogens with one attached hydrogen (secondary N) is 1. The van der Waals surface area contributed by atoms with E-state index in [0.29, 0.717) is 5.00 Å². The predicted molar refractivity (Wildman–Crippen MR) is 73.3 cm³/mol. The first-order chi connectivity index (χ1) is 8.65. The summed E-state index contributed by atoms with van der Waals surface area (Å²) in [6, 6.07) is 6.85. The summed E-state index contributed by atoms with van der Waals surface area (Å²) in [4.78, 5) is 23.4. The maximum Gasteiger partial charge on any atom is 0.345 e. The van der Waals surface area contributed by atoms with Gasteiger partial charge in [0.05, 0.1) is 5.00 Å². The van der Waals surface area contributed by atoms with Crippen LogP contribution in [0.4, 0.5) is 5.00 Å². The van der Waals surface area contributed by atoms with Crippen LogP contribution >= 0.6 is 22.7 Å². The first kappa shape index (κ1) is 12.5. The topological polar surface area (TPSA) is 66.4 Å². The Morgan fingerprint density at radius 2 is 2.11 bits per heavy atom. The molecule has 2 heterocycles. The average molecular weight is 279 g/mol. The van der Waals surface area contributed by atoms with E-state index in [-0.39, 0.29) is 10.8 Å². The van der Waals surface area contributed by atoms with Gasteiger partial charge >= 0.3 is 5.97 Å². The molecule has 0 aliphatic heterocycles. The van der Waals surface area contributed by atoms with Crippen LogP contribution in [0, 0.1) is 0 Å². The molecule has 0 spiro atoms. The molecule has 0 fully saturated rings. The standard InChI is InChI=1S/C12H9NO3S2/c14-10(5-3-8-2-1-7-17-8)13-11-6-4-9(18-11)12(15)16/h1-7H,(H,13,14)(H,15,16)/b5-3+. The smallest absolute Gasteiger partial charge is 0.345 e. The van der Waals surface area contributed by atoms with Crippen LogP contribution in [0.5, 0.6) is 0 Å². The number of carboxylic acids is 1. The van der Waals surface area contributed by atoms with E-state index in [4.69, 9.17) is 5.11 Å². The van der Waals surface area contributed by atoms with Crippen LogP contribution in [-0.2, 0) is 4.79 Å². The number of carboxylic acid groups (broad SMARTS) is 1. The average Bonchev–Trinajstić information content (AvgIpc) is 2.96. The second kappa shape index (κ2) is 5.61. The van der Waals surface area contributed by atoms with E-state index in [2.05, 4.69) is 5.32 Å². The molecule has 18 heavy (non-hydrogen) atoms. The number of anilines is 1. The fourth-order valence-electron chi connectivity index (χ4n) is 1.23. The predicted octanol–water partition coefficient (Wildman–Crippen LogP) is 3.16. The minimum absolute atomic E-state index is 0.201. The lowest BCUT2D eigenvalue weighted by Gasteiger charge is -1.95. The molecule has 0 aliphatic carbocycles. The van der Waals surface area contributed by atoms with Crippen molar-refractivity contribution in [2.45, 2.75) is 0 Å². The molecule has 0 saturated heterocycles. The fourth-order valence-corrected chi connectivity index (χ4v) is 2.59. The molecule has 0 aromatic carbocycles. The van der Waals surface area contributed by atoms with Gasteiger partial charge in [0, 0.05) is 11.0 Å². The summed E-state index contributed by atoms with van der Waals surface area (Å²) in [7, 11) is 0. The van der Waals surface area contributed by atoms with E-state index in [9.17, 15) is 9.59 Å². The van der Waals surface area contributed by atoms with Crippen molar-refractivity contribution in [3.8, 4) is 0 Å². The molecule has 2 aromatic heterocycles. The Kier molecular flexibility index (Phi) is 3.91. The van der Waals surface area contributed by atoms with Crippen molar-refractivity contribution in [1.29, 1.82) is 0 Å². The summed E-state index contributed by atoms with van der Waals surface area (Å²) in [5.41, 5.74) is 0. The van der Waals surface area contributed by atoms with Gasteiger partial charge in [-0.15, -0.1) is 22.7 Å². The number of hydrogen-bond acceptors (Lipinski definition) is 4. The molecule has 92 valence electrons. The van der Waals surface area contributed by atoms with Gasteiger partial charge in [-0.25, -0.2) is 4.79 Å². The van der Waals surface area contributed by atoms with Gasteiger partial charge in [-0.05, 0) is 29.7 Å².